The number of likely N-dealkylation sites (tertiary alicyclic amines) is 1. The molecule has 0 aromatic heterocycles. The second-order valence-electron chi connectivity index (χ2n) is 7.28. The first-order valence-electron chi connectivity index (χ1n) is 9.26. The fraction of sp³-hybridized carbons (Fsp3) is 0.600. The summed E-state index contributed by atoms with van der Waals surface area (Å²) in [6.07, 6.45) is 4.63. The van der Waals surface area contributed by atoms with Gasteiger partial charge >= 0.3 is 0 Å². The molecule has 1 aromatic carbocycles. The molecule has 0 spiro atoms. The SMILES string of the molecule is CC[C@H](C)NC(=O)[C@H]1CC[C@@H](c2ccccc2)N(C(=O)C2CC2)C1. The van der Waals surface area contributed by atoms with Crippen molar-refractivity contribution in [3.8, 4) is 0 Å². The Kier molecular flexibility index (Phi) is 5.22. The maximum atomic E-state index is 12.8. The number of nitrogens with one attached hydrogen (secondary N) is 1. The van der Waals surface area contributed by atoms with Gasteiger partial charge in [0.25, 0.3) is 0 Å². The third-order valence-corrected chi connectivity index (χ3v) is 5.35. The molecule has 1 aromatic rings. The van der Waals surface area contributed by atoms with Gasteiger partial charge in [0.2, 0.25) is 11.8 Å². The second-order valence-corrected chi connectivity index (χ2v) is 7.28. The van der Waals surface area contributed by atoms with Crippen LogP contribution in [0.15, 0.2) is 30.3 Å². The number of carbonyl (C=O) groups is 2. The third kappa shape index (κ3) is 3.80. The third-order valence-electron chi connectivity index (χ3n) is 5.35. The van der Waals surface area contributed by atoms with E-state index in [4.69, 9.17) is 0 Å². The van der Waals surface area contributed by atoms with Crippen molar-refractivity contribution in [2.45, 2.75) is 58.0 Å². The lowest BCUT2D eigenvalue weighted by molar-refractivity contribution is -0.140. The number of hydrogen-bond acceptors (Lipinski definition) is 2. The van der Waals surface area contributed by atoms with E-state index in [0.29, 0.717) is 6.54 Å². The van der Waals surface area contributed by atoms with Crippen molar-refractivity contribution in [1.82, 2.24) is 10.2 Å². The summed E-state index contributed by atoms with van der Waals surface area (Å²) in [6.45, 7) is 4.65. The molecule has 1 heterocycles. The van der Waals surface area contributed by atoms with E-state index in [2.05, 4.69) is 24.4 Å². The van der Waals surface area contributed by atoms with Gasteiger partial charge in [0, 0.05) is 18.5 Å². The molecule has 24 heavy (non-hydrogen) atoms. The Morgan fingerprint density at radius 1 is 1.12 bits per heavy atom. The first-order chi connectivity index (χ1) is 11.6. The number of piperidine rings is 1. The van der Waals surface area contributed by atoms with Gasteiger partial charge in [0.15, 0.2) is 0 Å². The summed E-state index contributed by atoms with van der Waals surface area (Å²) in [4.78, 5) is 27.3. The summed E-state index contributed by atoms with van der Waals surface area (Å²) in [5.74, 6) is 0.448. The van der Waals surface area contributed by atoms with E-state index < -0.39 is 0 Å². The predicted molar refractivity (Wildman–Crippen MR) is 94.2 cm³/mol. The zero-order chi connectivity index (χ0) is 17.1. The molecule has 4 heteroatoms. The lowest BCUT2D eigenvalue weighted by Gasteiger charge is -2.40. The quantitative estimate of drug-likeness (QED) is 0.901. The maximum Gasteiger partial charge on any atom is 0.226 e. The van der Waals surface area contributed by atoms with Gasteiger partial charge in [0.1, 0.15) is 0 Å². The predicted octanol–water partition coefficient (Wildman–Crippen LogP) is 3.29. The van der Waals surface area contributed by atoms with Gasteiger partial charge in [-0.25, -0.2) is 0 Å². The van der Waals surface area contributed by atoms with Crippen LogP contribution in [0.25, 0.3) is 0 Å². The van der Waals surface area contributed by atoms with E-state index in [-0.39, 0.29) is 35.7 Å². The van der Waals surface area contributed by atoms with Crippen LogP contribution in [-0.2, 0) is 9.59 Å². The molecule has 1 aliphatic carbocycles. The van der Waals surface area contributed by atoms with Crippen LogP contribution in [0.5, 0.6) is 0 Å². The summed E-state index contributed by atoms with van der Waals surface area (Å²) >= 11 is 0. The Balaban J connectivity index is 1.74. The van der Waals surface area contributed by atoms with Gasteiger partial charge in [-0.3, -0.25) is 9.59 Å². The lowest BCUT2D eigenvalue weighted by atomic mass is 9.88. The smallest absolute Gasteiger partial charge is 0.226 e. The number of nitrogens with zero attached hydrogens (tertiary/aromatic N) is 1. The minimum Gasteiger partial charge on any atom is -0.353 e. The van der Waals surface area contributed by atoms with Crippen molar-refractivity contribution in [1.29, 1.82) is 0 Å². The van der Waals surface area contributed by atoms with E-state index in [1.54, 1.807) is 0 Å². The number of benzene rings is 1. The monoisotopic (exact) mass is 328 g/mol. The molecule has 0 unspecified atom stereocenters. The van der Waals surface area contributed by atoms with Crippen LogP contribution in [0.3, 0.4) is 0 Å². The summed E-state index contributed by atoms with van der Waals surface area (Å²) in [6, 6.07) is 10.5. The van der Waals surface area contributed by atoms with Crippen LogP contribution >= 0.6 is 0 Å². The molecular formula is C20H28N2O2. The van der Waals surface area contributed by atoms with E-state index in [1.165, 1.54) is 5.56 Å². The van der Waals surface area contributed by atoms with Crippen molar-refractivity contribution in [3.05, 3.63) is 35.9 Å². The summed E-state index contributed by atoms with van der Waals surface area (Å²) < 4.78 is 0. The van der Waals surface area contributed by atoms with Crippen molar-refractivity contribution in [3.63, 3.8) is 0 Å². The number of amides is 2. The van der Waals surface area contributed by atoms with Gasteiger partial charge < -0.3 is 10.2 Å². The van der Waals surface area contributed by atoms with Gasteiger partial charge in [0.05, 0.1) is 12.0 Å². The Hall–Kier alpha value is -1.84. The molecule has 1 saturated heterocycles. The molecule has 1 N–H and O–H groups in total. The van der Waals surface area contributed by atoms with Crippen molar-refractivity contribution in [2.75, 3.05) is 6.54 Å². The Morgan fingerprint density at radius 3 is 2.42 bits per heavy atom. The van der Waals surface area contributed by atoms with Gasteiger partial charge in [-0.2, -0.15) is 0 Å². The standard InChI is InChI=1S/C20H28N2O2/c1-3-14(2)21-19(23)17-11-12-18(15-7-5-4-6-8-15)22(13-17)20(24)16-9-10-16/h4-8,14,16-18H,3,9-13H2,1-2H3,(H,21,23)/t14-,17-,18-/m0/s1. The van der Waals surface area contributed by atoms with E-state index in [9.17, 15) is 9.59 Å². The Morgan fingerprint density at radius 2 is 1.79 bits per heavy atom. The van der Waals surface area contributed by atoms with Crippen molar-refractivity contribution in [2.24, 2.45) is 11.8 Å². The average Bonchev–Trinajstić information content (AvgIpc) is 3.46. The van der Waals surface area contributed by atoms with Crippen LogP contribution in [-0.4, -0.2) is 29.3 Å². The van der Waals surface area contributed by atoms with E-state index in [0.717, 1.165) is 32.1 Å². The molecule has 3 rings (SSSR count). The number of hydrogen-bond donors (Lipinski definition) is 1. The van der Waals surface area contributed by atoms with Crippen LogP contribution in [0, 0.1) is 11.8 Å². The van der Waals surface area contributed by atoms with Gasteiger partial charge in [-0.15, -0.1) is 0 Å². The fourth-order valence-corrected chi connectivity index (χ4v) is 3.48. The normalized spacial score (nSPS) is 25.2. The zero-order valence-electron chi connectivity index (χ0n) is 14.7. The van der Waals surface area contributed by atoms with Crippen LogP contribution in [0.1, 0.15) is 57.6 Å². The summed E-state index contributed by atoms with van der Waals surface area (Å²) in [5.41, 5.74) is 1.19. The largest absolute Gasteiger partial charge is 0.353 e. The first kappa shape index (κ1) is 17.0. The highest BCUT2D eigenvalue weighted by atomic mass is 16.2. The molecule has 0 bridgehead atoms. The molecule has 2 fully saturated rings. The molecule has 130 valence electrons. The van der Waals surface area contributed by atoms with Gasteiger partial charge in [-0.1, -0.05) is 37.3 Å². The number of carbonyl (C=O) groups excluding carboxylic acids is 2. The Bertz CT molecular complexity index is 583. The van der Waals surface area contributed by atoms with Crippen LogP contribution < -0.4 is 5.32 Å². The van der Waals surface area contributed by atoms with E-state index >= 15 is 0 Å². The second kappa shape index (κ2) is 7.37. The highest BCUT2D eigenvalue weighted by Gasteiger charge is 2.41. The fourth-order valence-electron chi connectivity index (χ4n) is 3.48. The van der Waals surface area contributed by atoms with E-state index in [1.807, 2.05) is 30.0 Å². The molecule has 3 atom stereocenters. The summed E-state index contributed by atoms with van der Waals surface area (Å²) in [7, 11) is 0. The zero-order valence-corrected chi connectivity index (χ0v) is 14.7. The Labute approximate surface area is 144 Å². The molecule has 1 saturated carbocycles. The van der Waals surface area contributed by atoms with Crippen molar-refractivity contribution < 1.29 is 9.59 Å². The first-order valence-corrected chi connectivity index (χ1v) is 9.26. The van der Waals surface area contributed by atoms with Gasteiger partial charge in [-0.05, 0) is 44.6 Å². The highest BCUT2D eigenvalue weighted by molar-refractivity contribution is 5.84. The maximum absolute atomic E-state index is 12.8. The summed E-state index contributed by atoms with van der Waals surface area (Å²) in [5, 5.41) is 3.08. The minimum absolute atomic E-state index is 0.0818. The topological polar surface area (TPSA) is 49.4 Å². The molecule has 1 aliphatic heterocycles. The minimum atomic E-state index is -0.0818. The highest BCUT2D eigenvalue weighted by Crippen LogP contribution is 2.39. The van der Waals surface area contributed by atoms with Crippen molar-refractivity contribution >= 4 is 11.8 Å². The average molecular weight is 328 g/mol. The molecule has 0 radical (unpaired) electrons. The molecule has 2 amide bonds. The van der Waals surface area contributed by atoms with Crippen LogP contribution in [0.2, 0.25) is 0 Å². The molecular weight excluding hydrogens is 300 g/mol. The number of rotatable bonds is 5. The lowest BCUT2D eigenvalue weighted by Crippen LogP contribution is -2.48. The molecule has 4 nitrogen and oxygen atoms in total. The van der Waals surface area contributed by atoms with Crippen LogP contribution in [0.4, 0.5) is 0 Å². The molecule has 2 aliphatic rings.